The van der Waals surface area contributed by atoms with Gasteiger partial charge in [0.25, 0.3) is 0 Å². The van der Waals surface area contributed by atoms with Crippen LogP contribution in [0.3, 0.4) is 0 Å². The molecule has 0 aliphatic carbocycles. The molecule has 1 aromatic heterocycles. The smallest absolute Gasteiger partial charge is 0.338 e. The first-order chi connectivity index (χ1) is 28.5. The van der Waals surface area contributed by atoms with Crippen LogP contribution in [0.1, 0.15) is 10.4 Å². The molecule has 0 spiro atoms. The average molecular weight is 768 g/mol. The minimum absolute atomic E-state index is 0.0334. The Morgan fingerprint density at radius 3 is 1.50 bits per heavy atom. The third-order valence-corrected chi connectivity index (χ3v) is 12.7. The third-order valence-electron chi connectivity index (χ3n) is 11.6. The first-order valence-corrected chi connectivity index (χ1v) is 20.4. The van der Waals surface area contributed by atoms with E-state index in [4.69, 9.17) is 9.47 Å². The molecule has 6 heteroatoms. The summed E-state index contributed by atoms with van der Waals surface area (Å²) in [5.74, 6) is 0.227. The zero-order valence-electron chi connectivity index (χ0n) is 31.5. The Morgan fingerprint density at radius 2 is 0.931 bits per heavy atom. The standard InChI is InChI=1S/C52H36BO4S/c54-51-47-15-7-8-16-49(47)58-50-34-41(20-28-48(50)51)52(55)57-30-29-56-46-26-24-42(25-27-46)53(43-21-17-35-9-1-4-12-38(35)31-43,44-22-18-36-10-2-5-13-39(36)32-44)45-23-19-37-11-3-6-14-40(37)33-45/h1-28,31-34H,29-30H2/q-1. The molecule has 10 aromatic rings. The molecule has 0 unspecified atom stereocenters. The van der Waals surface area contributed by atoms with Gasteiger partial charge in [-0.15, -0.1) is 11.3 Å². The molecule has 0 aliphatic rings. The van der Waals surface area contributed by atoms with Crippen LogP contribution in [0.5, 0.6) is 5.75 Å². The van der Waals surface area contributed by atoms with Gasteiger partial charge in [0.15, 0.2) is 5.43 Å². The van der Waals surface area contributed by atoms with Crippen LogP contribution in [0, 0.1) is 0 Å². The van der Waals surface area contributed by atoms with Crippen molar-refractivity contribution in [2.45, 2.75) is 0 Å². The van der Waals surface area contributed by atoms with Crippen molar-refractivity contribution in [3.05, 3.63) is 210 Å². The first kappa shape index (κ1) is 35.4. The first-order valence-electron chi connectivity index (χ1n) is 19.5. The molecular formula is C52H36BO4S-. The van der Waals surface area contributed by atoms with Gasteiger partial charge in [-0.1, -0.05) is 152 Å². The van der Waals surface area contributed by atoms with Crippen molar-refractivity contribution < 1.29 is 14.3 Å². The molecule has 278 valence electrons. The summed E-state index contributed by atoms with van der Waals surface area (Å²) in [6.45, 7) is 0.263. The Kier molecular flexibility index (Phi) is 9.04. The van der Waals surface area contributed by atoms with Gasteiger partial charge in [0.2, 0.25) is 0 Å². The lowest BCUT2D eigenvalue weighted by atomic mass is 9.13. The van der Waals surface area contributed by atoms with Crippen LogP contribution >= 0.6 is 11.3 Å². The Balaban J connectivity index is 0.982. The van der Waals surface area contributed by atoms with Gasteiger partial charge in [0.05, 0.1) is 5.56 Å². The van der Waals surface area contributed by atoms with E-state index in [1.54, 1.807) is 18.2 Å². The fourth-order valence-corrected chi connectivity index (χ4v) is 9.85. The molecule has 0 saturated carbocycles. The molecule has 0 atom stereocenters. The maximum atomic E-state index is 13.1. The molecule has 0 amide bonds. The van der Waals surface area contributed by atoms with E-state index in [1.807, 2.05) is 36.4 Å². The predicted molar refractivity (Wildman–Crippen MR) is 244 cm³/mol. The summed E-state index contributed by atoms with van der Waals surface area (Å²) >= 11 is 1.49. The molecule has 0 fully saturated rings. The number of ether oxygens (including phenoxy) is 2. The molecule has 0 radical (unpaired) electrons. The van der Waals surface area contributed by atoms with Crippen LogP contribution in [0.25, 0.3) is 52.5 Å². The number of benzene rings is 9. The SMILES string of the molecule is O=C(OCCOc1ccc([B-](c2ccc3ccccc3c2)(c2ccc3ccccc3c2)c2ccc3ccccc3c2)cc1)c1ccc2c(=O)c3ccccc3sc2c1. The summed E-state index contributed by atoms with van der Waals surface area (Å²) < 4.78 is 13.5. The molecule has 4 nitrogen and oxygen atoms in total. The van der Waals surface area contributed by atoms with E-state index in [0.29, 0.717) is 22.1 Å². The molecule has 9 aromatic carbocycles. The molecule has 0 N–H and O–H groups in total. The number of carbonyl (C=O) groups is 1. The molecule has 58 heavy (non-hydrogen) atoms. The van der Waals surface area contributed by atoms with Crippen molar-refractivity contribution in [1.29, 1.82) is 0 Å². The second kappa shape index (κ2) is 14.8. The topological polar surface area (TPSA) is 52.6 Å². The largest absolute Gasteiger partial charge is 0.490 e. The van der Waals surface area contributed by atoms with Crippen molar-refractivity contribution in [3.63, 3.8) is 0 Å². The number of hydrogen-bond acceptors (Lipinski definition) is 5. The average Bonchev–Trinajstić information content (AvgIpc) is 3.28. The van der Waals surface area contributed by atoms with Gasteiger partial charge in [-0.25, -0.2) is 4.79 Å². The van der Waals surface area contributed by atoms with E-state index >= 15 is 0 Å². The lowest BCUT2D eigenvalue weighted by Gasteiger charge is -2.45. The fourth-order valence-electron chi connectivity index (χ4n) is 8.74. The van der Waals surface area contributed by atoms with Gasteiger partial charge in [-0.05, 0) is 74.8 Å². The normalized spacial score (nSPS) is 11.7. The number of hydrogen-bond donors (Lipinski definition) is 0. The molecular weight excluding hydrogens is 731 g/mol. The van der Waals surface area contributed by atoms with Crippen molar-refractivity contribution in [1.82, 2.24) is 0 Å². The van der Waals surface area contributed by atoms with Gasteiger partial charge < -0.3 is 9.47 Å². The minimum Gasteiger partial charge on any atom is -0.490 e. The monoisotopic (exact) mass is 767 g/mol. The molecule has 10 rings (SSSR count). The van der Waals surface area contributed by atoms with Crippen LogP contribution in [-0.2, 0) is 4.74 Å². The maximum Gasteiger partial charge on any atom is 0.338 e. The van der Waals surface area contributed by atoms with Crippen molar-refractivity contribution in [2.24, 2.45) is 0 Å². The van der Waals surface area contributed by atoms with Gasteiger partial charge in [0, 0.05) is 20.2 Å². The van der Waals surface area contributed by atoms with E-state index in [0.717, 1.165) is 14.9 Å². The van der Waals surface area contributed by atoms with E-state index in [-0.39, 0.29) is 18.6 Å². The van der Waals surface area contributed by atoms with Crippen LogP contribution < -0.4 is 32.0 Å². The summed E-state index contributed by atoms with van der Waals surface area (Å²) in [4.78, 5) is 26.1. The second-order valence-corrected chi connectivity index (χ2v) is 16.0. The van der Waals surface area contributed by atoms with Gasteiger partial charge in [-0.2, -0.15) is 21.9 Å². The molecule has 0 bridgehead atoms. The highest BCUT2D eigenvalue weighted by Crippen LogP contribution is 2.26. The van der Waals surface area contributed by atoms with Crippen LogP contribution in [0.2, 0.25) is 0 Å². The van der Waals surface area contributed by atoms with Crippen molar-refractivity contribution in [2.75, 3.05) is 13.2 Å². The highest BCUT2D eigenvalue weighted by molar-refractivity contribution is 7.24. The highest BCUT2D eigenvalue weighted by Gasteiger charge is 2.32. The number of rotatable bonds is 9. The number of carbonyl (C=O) groups excluding carboxylic acids is 1. The Labute approximate surface area is 339 Å². The number of esters is 1. The quantitative estimate of drug-likeness (QED) is 0.0636. The van der Waals surface area contributed by atoms with Crippen LogP contribution in [0.15, 0.2) is 199 Å². The Bertz CT molecular complexity index is 3050. The lowest BCUT2D eigenvalue weighted by molar-refractivity contribution is 0.0450. The second-order valence-electron chi connectivity index (χ2n) is 14.9. The van der Waals surface area contributed by atoms with Crippen LogP contribution in [-0.4, -0.2) is 25.3 Å². The Hall–Kier alpha value is -7.02. The number of fused-ring (bicyclic) bond motifs is 5. The van der Waals surface area contributed by atoms with Gasteiger partial charge >= 0.3 is 5.97 Å². The zero-order valence-corrected chi connectivity index (χ0v) is 32.3. The highest BCUT2D eigenvalue weighted by atomic mass is 32.1. The lowest BCUT2D eigenvalue weighted by Crippen LogP contribution is -2.74. The van der Waals surface area contributed by atoms with Gasteiger partial charge in [0.1, 0.15) is 25.1 Å². The third kappa shape index (κ3) is 6.28. The Morgan fingerprint density at radius 1 is 0.448 bits per heavy atom. The summed E-state index contributed by atoms with van der Waals surface area (Å²) in [6, 6.07) is 67.3. The van der Waals surface area contributed by atoms with E-state index < -0.39 is 12.1 Å². The molecule has 0 saturated heterocycles. The summed E-state index contributed by atoms with van der Waals surface area (Å²) in [7, 11) is 0. The van der Waals surface area contributed by atoms with Gasteiger partial charge in [-0.3, -0.25) is 4.79 Å². The molecule has 1 heterocycles. The van der Waals surface area contributed by atoms with E-state index in [2.05, 4.69) is 140 Å². The minimum atomic E-state index is -1.70. The van der Waals surface area contributed by atoms with Crippen molar-refractivity contribution in [3.8, 4) is 5.75 Å². The van der Waals surface area contributed by atoms with Crippen LogP contribution in [0.4, 0.5) is 0 Å². The van der Waals surface area contributed by atoms with E-state index in [1.165, 1.54) is 60.0 Å². The summed E-state index contributed by atoms with van der Waals surface area (Å²) in [5, 5.41) is 8.44. The van der Waals surface area contributed by atoms with E-state index in [9.17, 15) is 9.59 Å². The summed E-state index contributed by atoms with van der Waals surface area (Å²) in [6.07, 6.45) is -1.70. The molecule has 0 aliphatic heterocycles. The summed E-state index contributed by atoms with van der Waals surface area (Å²) in [5.41, 5.74) is 5.19. The fraction of sp³-hybridized carbons (Fsp3) is 0.0385. The van der Waals surface area contributed by atoms with Crippen molar-refractivity contribution >= 4 is 97.8 Å². The zero-order chi connectivity index (χ0) is 39.1. The maximum absolute atomic E-state index is 13.1. The predicted octanol–water partition coefficient (Wildman–Crippen LogP) is 9.49.